The Morgan fingerprint density at radius 2 is 2.32 bits per heavy atom. The zero-order valence-electron chi connectivity index (χ0n) is 10.6. The summed E-state index contributed by atoms with van der Waals surface area (Å²) in [7, 11) is 0. The lowest BCUT2D eigenvalue weighted by Crippen LogP contribution is -2.28. The number of nitrogens with zero attached hydrogens (tertiary/aromatic N) is 2. The van der Waals surface area contributed by atoms with Crippen LogP contribution in [-0.4, -0.2) is 22.0 Å². The van der Waals surface area contributed by atoms with Crippen LogP contribution in [0.4, 0.5) is 0 Å². The molecule has 0 saturated heterocycles. The molecule has 0 unspecified atom stereocenters. The number of nitrogens with one attached hydrogen (secondary N) is 1. The van der Waals surface area contributed by atoms with Gasteiger partial charge in [0.2, 0.25) is 5.91 Å². The molecule has 0 radical (unpaired) electrons. The van der Waals surface area contributed by atoms with E-state index in [9.17, 15) is 4.79 Å². The Bertz CT molecular complexity index is 597. The van der Waals surface area contributed by atoms with Crippen LogP contribution in [0.15, 0.2) is 18.2 Å². The molecule has 6 heteroatoms. The van der Waals surface area contributed by atoms with Crippen molar-refractivity contribution in [2.45, 2.75) is 25.8 Å². The van der Waals surface area contributed by atoms with Crippen molar-refractivity contribution in [1.29, 1.82) is 0 Å². The minimum atomic E-state index is -0.00827. The lowest BCUT2D eigenvalue weighted by atomic mass is 10.3. The molecule has 1 heterocycles. The lowest BCUT2D eigenvalue weighted by Gasteiger charge is -2.08. The van der Waals surface area contributed by atoms with Gasteiger partial charge >= 0.3 is 0 Å². The number of hydrogen-bond donors (Lipinski definition) is 1. The maximum Gasteiger partial charge on any atom is 0.240 e. The van der Waals surface area contributed by atoms with Gasteiger partial charge in [0.25, 0.3) is 0 Å². The highest BCUT2D eigenvalue weighted by molar-refractivity contribution is 14.1. The number of amides is 1. The molecule has 1 amide bonds. The highest BCUT2D eigenvalue weighted by Gasteiger charge is 2.12. The van der Waals surface area contributed by atoms with Gasteiger partial charge in [0, 0.05) is 10.1 Å². The van der Waals surface area contributed by atoms with Crippen LogP contribution < -0.4 is 5.32 Å². The summed E-state index contributed by atoms with van der Waals surface area (Å²) in [5.74, 6) is 1.02. The van der Waals surface area contributed by atoms with Gasteiger partial charge in [-0.05, 0) is 47.2 Å². The SMILES string of the molecule is CCCNC(=O)Cn1c(CCl)nc2cc(I)ccc21. The van der Waals surface area contributed by atoms with E-state index in [1.54, 1.807) is 0 Å². The summed E-state index contributed by atoms with van der Waals surface area (Å²) < 4.78 is 3.00. The molecule has 0 spiro atoms. The summed E-state index contributed by atoms with van der Waals surface area (Å²) in [5, 5.41) is 2.87. The molecule has 1 aromatic carbocycles. The van der Waals surface area contributed by atoms with Crippen molar-refractivity contribution in [3.05, 3.63) is 27.6 Å². The van der Waals surface area contributed by atoms with E-state index in [4.69, 9.17) is 11.6 Å². The van der Waals surface area contributed by atoms with Crippen molar-refractivity contribution in [3.63, 3.8) is 0 Å². The van der Waals surface area contributed by atoms with Crippen LogP contribution in [0.25, 0.3) is 11.0 Å². The van der Waals surface area contributed by atoms with Crippen LogP contribution in [0, 0.1) is 3.57 Å². The molecule has 0 bridgehead atoms. The standard InChI is InChI=1S/C13H15ClIN3O/c1-2-5-16-13(19)8-18-11-4-3-9(15)6-10(11)17-12(18)7-14/h3-4,6H,2,5,7-8H2,1H3,(H,16,19). The zero-order valence-corrected chi connectivity index (χ0v) is 13.5. The van der Waals surface area contributed by atoms with Gasteiger partial charge in [0.05, 0.1) is 16.9 Å². The number of fused-ring (bicyclic) bond motifs is 1. The second kappa shape index (κ2) is 6.56. The van der Waals surface area contributed by atoms with Gasteiger partial charge in [0.15, 0.2) is 0 Å². The van der Waals surface area contributed by atoms with Gasteiger partial charge in [-0.1, -0.05) is 6.92 Å². The fourth-order valence-electron chi connectivity index (χ4n) is 1.90. The predicted octanol–water partition coefficient (Wildman–Crippen LogP) is 2.91. The van der Waals surface area contributed by atoms with Crippen molar-refractivity contribution in [2.75, 3.05) is 6.54 Å². The Morgan fingerprint density at radius 1 is 1.53 bits per heavy atom. The van der Waals surface area contributed by atoms with Gasteiger partial charge in [0.1, 0.15) is 12.4 Å². The third-order valence-electron chi connectivity index (χ3n) is 2.78. The Morgan fingerprint density at radius 3 is 3.00 bits per heavy atom. The summed E-state index contributed by atoms with van der Waals surface area (Å²) in [4.78, 5) is 16.3. The number of halogens is 2. The van der Waals surface area contributed by atoms with Crippen LogP contribution >= 0.6 is 34.2 Å². The Hall–Kier alpha value is -0.820. The third-order valence-corrected chi connectivity index (χ3v) is 3.69. The van der Waals surface area contributed by atoms with E-state index in [2.05, 4.69) is 32.9 Å². The minimum absolute atomic E-state index is 0.00827. The maximum atomic E-state index is 11.8. The van der Waals surface area contributed by atoms with Crippen LogP contribution in [0.1, 0.15) is 19.2 Å². The molecule has 0 aliphatic heterocycles. The van der Waals surface area contributed by atoms with Crippen molar-refractivity contribution in [2.24, 2.45) is 0 Å². The summed E-state index contributed by atoms with van der Waals surface area (Å²) in [6.07, 6.45) is 0.928. The largest absolute Gasteiger partial charge is 0.355 e. The highest BCUT2D eigenvalue weighted by Crippen LogP contribution is 2.20. The minimum Gasteiger partial charge on any atom is -0.355 e. The molecule has 2 rings (SSSR count). The van der Waals surface area contributed by atoms with Crippen LogP contribution in [0.5, 0.6) is 0 Å². The molecule has 0 saturated carbocycles. The van der Waals surface area contributed by atoms with Crippen LogP contribution in [-0.2, 0) is 17.2 Å². The molecule has 1 N–H and O–H groups in total. The van der Waals surface area contributed by atoms with Crippen LogP contribution in [0.3, 0.4) is 0 Å². The molecule has 0 aliphatic carbocycles. The van der Waals surface area contributed by atoms with E-state index >= 15 is 0 Å². The maximum absolute atomic E-state index is 11.8. The van der Waals surface area contributed by atoms with E-state index in [0.717, 1.165) is 26.8 Å². The van der Waals surface area contributed by atoms with Crippen molar-refractivity contribution in [3.8, 4) is 0 Å². The van der Waals surface area contributed by atoms with Gasteiger partial charge in [-0.25, -0.2) is 4.98 Å². The number of carbonyl (C=O) groups excluding carboxylic acids is 1. The Kier molecular flexibility index (Phi) is 5.04. The molecular formula is C13H15ClIN3O. The number of rotatable bonds is 5. The molecular weight excluding hydrogens is 377 g/mol. The van der Waals surface area contributed by atoms with Crippen LogP contribution in [0.2, 0.25) is 0 Å². The van der Waals surface area contributed by atoms with Gasteiger partial charge < -0.3 is 9.88 Å². The van der Waals surface area contributed by atoms with Gasteiger partial charge in [-0.3, -0.25) is 4.79 Å². The topological polar surface area (TPSA) is 46.9 Å². The van der Waals surface area contributed by atoms with Crippen molar-refractivity contribution >= 4 is 51.1 Å². The first-order valence-corrected chi connectivity index (χ1v) is 7.74. The Balaban J connectivity index is 2.32. The monoisotopic (exact) mass is 391 g/mol. The lowest BCUT2D eigenvalue weighted by molar-refractivity contribution is -0.121. The summed E-state index contributed by atoms with van der Waals surface area (Å²) in [6.45, 7) is 2.98. The fraction of sp³-hybridized carbons (Fsp3) is 0.385. The first kappa shape index (κ1) is 14.6. The molecule has 4 nitrogen and oxygen atoms in total. The number of alkyl halides is 1. The number of aromatic nitrogens is 2. The smallest absolute Gasteiger partial charge is 0.240 e. The summed E-state index contributed by atoms with van der Waals surface area (Å²) in [5.41, 5.74) is 1.83. The molecule has 0 aliphatic rings. The summed E-state index contributed by atoms with van der Waals surface area (Å²) in [6, 6.07) is 5.97. The number of hydrogen-bond acceptors (Lipinski definition) is 2. The van der Waals surface area contributed by atoms with Gasteiger partial charge in [-0.15, -0.1) is 11.6 Å². The average Bonchev–Trinajstić information content (AvgIpc) is 2.73. The van der Waals surface area contributed by atoms with E-state index < -0.39 is 0 Å². The molecule has 2 aromatic rings. The summed E-state index contributed by atoms with van der Waals surface area (Å²) >= 11 is 8.16. The Labute approximate surface area is 130 Å². The first-order chi connectivity index (χ1) is 9.15. The molecule has 0 atom stereocenters. The number of benzene rings is 1. The van der Waals surface area contributed by atoms with Crippen molar-refractivity contribution in [1.82, 2.24) is 14.9 Å². The van der Waals surface area contributed by atoms with E-state index in [1.807, 2.05) is 29.7 Å². The highest BCUT2D eigenvalue weighted by atomic mass is 127. The van der Waals surface area contributed by atoms with E-state index in [-0.39, 0.29) is 12.5 Å². The molecule has 102 valence electrons. The van der Waals surface area contributed by atoms with Crippen molar-refractivity contribution < 1.29 is 4.79 Å². The fourth-order valence-corrected chi connectivity index (χ4v) is 2.57. The predicted molar refractivity (Wildman–Crippen MR) is 85.3 cm³/mol. The quantitative estimate of drug-likeness (QED) is 0.629. The first-order valence-electron chi connectivity index (χ1n) is 6.13. The van der Waals surface area contributed by atoms with E-state index in [1.165, 1.54) is 0 Å². The molecule has 0 fully saturated rings. The van der Waals surface area contributed by atoms with E-state index in [0.29, 0.717) is 12.4 Å². The molecule has 1 aromatic heterocycles. The third kappa shape index (κ3) is 3.39. The normalized spacial score (nSPS) is 10.9. The molecule has 19 heavy (non-hydrogen) atoms. The second-order valence-corrected chi connectivity index (χ2v) is 5.74. The zero-order chi connectivity index (χ0) is 13.8. The second-order valence-electron chi connectivity index (χ2n) is 4.23. The number of carbonyl (C=O) groups is 1. The average molecular weight is 392 g/mol. The number of imidazole rings is 1. The van der Waals surface area contributed by atoms with Gasteiger partial charge in [-0.2, -0.15) is 0 Å².